The number of hydrogen-bond donors (Lipinski definition) is 1. The van der Waals surface area contributed by atoms with E-state index in [-0.39, 0.29) is 23.9 Å². The van der Waals surface area contributed by atoms with Gasteiger partial charge in [0, 0.05) is 41.5 Å². The van der Waals surface area contributed by atoms with Crippen LogP contribution in [0.4, 0.5) is 8.78 Å². The zero-order valence-electron chi connectivity index (χ0n) is 16.7. The number of amides is 1. The Morgan fingerprint density at radius 2 is 2.07 bits per heavy atom. The van der Waals surface area contributed by atoms with E-state index in [9.17, 15) is 13.6 Å². The molecule has 0 aliphatic heterocycles. The van der Waals surface area contributed by atoms with Crippen LogP contribution in [-0.4, -0.2) is 30.5 Å². The summed E-state index contributed by atoms with van der Waals surface area (Å²) in [5.74, 6) is -0.0252. The zero-order valence-corrected chi connectivity index (χ0v) is 16.7. The van der Waals surface area contributed by atoms with Crippen LogP contribution >= 0.6 is 0 Å². The van der Waals surface area contributed by atoms with Crippen LogP contribution in [0.25, 0.3) is 11.0 Å². The van der Waals surface area contributed by atoms with E-state index in [2.05, 4.69) is 20.5 Å². The Balaban J connectivity index is 1.57. The standard InChI is InChI=1S/C20H24F2N6O/c1-4-27-12(3)14(9-24-27)8-23-17(29)10-28-20-18(11(2)26-28)15(19(21)22)7-16(25-20)13-5-6-13/h7,9,13,19H,4-6,8,10H2,1-3H3,(H,23,29). The molecular formula is C20H24F2N6O. The average Bonchev–Trinajstić information content (AvgIpc) is 3.42. The zero-order chi connectivity index (χ0) is 20.7. The number of carbonyl (C=O) groups excluding carboxylic acids is 1. The molecule has 0 unspecified atom stereocenters. The number of halogens is 2. The monoisotopic (exact) mass is 402 g/mol. The van der Waals surface area contributed by atoms with Crippen LogP contribution in [0.5, 0.6) is 0 Å². The van der Waals surface area contributed by atoms with Gasteiger partial charge in [0.1, 0.15) is 6.54 Å². The summed E-state index contributed by atoms with van der Waals surface area (Å²) in [6.07, 6.45) is 1.05. The highest BCUT2D eigenvalue weighted by Gasteiger charge is 2.29. The van der Waals surface area contributed by atoms with Crippen molar-refractivity contribution in [1.29, 1.82) is 0 Å². The Morgan fingerprint density at radius 1 is 1.31 bits per heavy atom. The van der Waals surface area contributed by atoms with E-state index in [0.717, 1.165) is 30.6 Å². The molecule has 0 spiro atoms. The quantitative estimate of drug-likeness (QED) is 0.657. The van der Waals surface area contributed by atoms with Gasteiger partial charge < -0.3 is 5.32 Å². The molecule has 3 aromatic heterocycles. The van der Waals surface area contributed by atoms with Crippen molar-refractivity contribution in [3.63, 3.8) is 0 Å². The molecule has 1 fully saturated rings. The van der Waals surface area contributed by atoms with E-state index < -0.39 is 6.43 Å². The fourth-order valence-electron chi connectivity index (χ4n) is 3.64. The number of nitrogens with zero attached hydrogens (tertiary/aromatic N) is 5. The molecule has 9 heteroatoms. The number of hydrogen-bond acceptors (Lipinski definition) is 4. The molecule has 1 aliphatic carbocycles. The topological polar surface area (TPSA) is 77.6 Å². The van der Waals surface area contributed by atoms with E-state index in [1.54, 1.807) is 13.1 Å². The van der Waals surface area contributed by atoms with Crippen LogP contribution < -0.4 is 5.32 Å². The second-order valence-corrected chi connectivity index (χ2v) is 7.50. The first-order valence-electron chi connectivity index (χ1n) is 9.83. The Morgan fingerprint density at radius 3 is 2.69 bits per heavy atom. The highest BCUT2D eigenvalue weighted by atomic mass is 19.3. The molecule has 29 heavy (non-hydrogen) atoms. The maximum Gasteiger partial charge on any atom is 0.264 e. The highest BCUT2D eigenvalue weighted by Crippen LogP contribution is 2.41. The largest absolute Gasteiger partial charge is 0.350 e. The molecule has 0 bridgehead atoms. The number of aromatic nitrogens is 5. The molecular weight excluding hydrogens is 378 g/mol. The van der Waals surface area contributed by atoms with Gasteiger partial charge in [0.05, 0.1) is 17.3 Å². The van der Waals surface area contributed by atoms with E-state index in [1.807, 2.05) is 18.5 Å². The maximum absolute atomic E-state index is 13.6. The van der Waals surface area contributed by atoms with Crippen molar-refractivity contribution >= 4 is 16.9 Å². The molecule has 1 aliphatic rings. The highest BCUT2D eigenvalue weighted by molar-refractivity contribution is 5.85. The van der Waals surface area contributed by atoms with Crippen molar-refractivity contribution < 1.29 is 13.6 Å². The predicted molar refractivity (Wildman–Crippen MR) is 104 cm³/mol. The fraction of sp³-hybridized carbons (Fsp3) is 0.500. The molecule has 1 saturated carbocycles. The Hall–Kier alpha value is -2.84. The fourth-order valence-corrected chi connectivity index (χ4v) is 3.64. The lowest BCUT2D eigenvalue weighted by molar-refractivity contribution is -0.121. The van der Waals surface area contributed by atoms with E-state index in [1.165, 1.54) is 10.7 Å². The van der Waals surface area contributed by atoms with Crippen molar-refractivity contribution in [2.45, 2.75) is 65.6 Å². The van der Waals surface area contributed by atoms with Gasteiger partial charge >= 0.3 is 0 Å². The summed E-state index contributed by atoms with van der Waals surface area (Å²) in [7, 11) is 0. The van der Waals surface area contributed by atoms with E-state index in [4.69, 9.17) is 0 Å². The minimum Gasteiger partial charge on any atom is -0.350 e. The van der Waals surface area contributed by atoms with E-state index >= 15 is 0 Å². The first kappa shape index (κ1) is 19.5. The molecule has 0 saturated heterocycles. The number of pyridine rings is 1. The second kappa shape index (κ2) is 7.53. The van der Waals surface area contributed by atoms with Crippen LogP contribution in [-0.2, 0) is 24.4 Å². The Labute approximate surface area is 167 Å². The summed E-state index contributed by atoms with van der Waals surface area (Å²) >= 11 is 0. The Bertz CT molecular complexity index is 1070. The predicted octanol–water partition coefficient (Wildman–Crippen LogP) is 3.40. The molecule has 7 nitrogen and oxygen atoms in total. The van der Waals surface area contributed by atoms with Crippen molar-refractivity contribution in [1.82, 2.24) is 29.9 Å². The smallest absolute Gasteiger partial charge is 0.264 e. The summed E-state index contributed by atoms with van der Waals surface area (Å²) in [5.41, 5.74) is 3.37. The molecule has 1 amide bonds. The van der Waals surface area contributed by atoms with Gasteiger partial charge in [-0.05, 0) is 39.7 Å². The summed E-state index contributed by atoms with van der Waals surface area (Å²) in [6, 6.07) is 1.50. The number of aryl methyl sites for hydroxylation is 2. The lowest BCUT2D eigenvalue weighted by Crippen LogP contribution is -2.28. The van der Waals surface area contributed by atoms with Crippen LogP contribution in [0.3, 0.4) is 0 Å². The third-order valence-corrected chi connectivity index (χ3v) is 5.43. The maximum atomic E-state index is 13.6. The first-order chi connectivity index (χ1) is 13.9. The second-order valence-electron chi connectivity index (χ2n) is 7.50. The third-order valence-electron chi connectivity index (χ3n) is 5.43. The molecule has 154 valence electrons. The average molecular weight is 402 g/mol. The number of fused-ring (bicyclic) bond motifs is 1. The van der Waals surface area contributed by atoms with Gasteiger partial charge in [-0.3, -0.25) is 9.48 Å². The van der Waals surface area contributed by atoms with Crippen LogP contribution in [0.2, 0.25) is 0 Å². The van der Waals surface area contributed by atoms with Crippen LogP contribution in [0, 0.1) is 13.8 Å². The summed E-state index contributed by atoms with van der Waals surface area (Å²) in [4.78, 5) is 17.1. The summed E-state index contributed by atoms with van der Waals surface area (Å²) in [5, 5.41) is 11.8. The van der Waals surface area contributed by atoms with E-state index in [0.29, 0.717) is 29.0 Å². The third kappa shape index (κ3) is 3.73. The first-order valence-corrected chi connectivity index (χ1v) is 9.83. The van der Waals surface area contributed by atoms with Gasteiger partial charge in [-0.2, -0.15) is 10.2 Å². The molecule has 0 atom stereocenters. The summed E-state index contributed by atoms with van der Waals surface area (Å²) in [6.45, 7) is 6.67. The number of rotatable bonds is 7. The number of carbonyl (C=O) groups is 1. The van der Waals surface area contributed by atoms with Gasteiger partial charge in [-0.1, -0.05) is 0 Å². The minimum absolute atomic E-state index is 0.0522. The number of alkyl halides is 2. The normalized spacial score (nSPS) is 14.1. The van der Waals surface area contributed by atoms with Crippen LogP contribution in [0.1, 0.15) is 60.3 Å². The molecule has 0 aromatic carbocycles. The van der Waals surface area contributed by atoms with Crippen molar-refractivity contribution in [2.75, 3.05) is 0 Å². The lowest BCUT2D eigenvalue weighted by atomic mass is 10.1. The number of nitrogens with one attached hydrogen (secondary N) is 1. The van der Waals surface area contributed by atoms with Gasteiger partial charge in [0.2, 0.25) is 5.91 Å². The Kier molecular flexibility index (Phi) is 5.06. The van der Waals surface area contributed by atoms with Gasteiger partial charge in [0.25, 0.3) is 6.43 Å². The SMILES string of the molecule is CCn1ncc(CNC(=O)Cn2nc(C)c3c(C(F)F)cc(C4CC4)nc32)c1C. The minimum atomic E-state index is -2.61. The summed E-state index contributed by atoms with van der Waals surface area (Å²) < 4.78 is 30.6. The van der Waals surface area contributed by atoms with Crippen LogP contribution in [0.15, 0.2) is 12.3 Å². The molecule has 4 rings (SSSR count). The van der Waals surface area contributed by atoms with Gasteiger partial charge in [-0.15, -0.1) is 0 Å². The van der Waals surface area contributed by atoms with Crippen molar-refractivity contribution in [3.05, 3.63) is 40.5 Å². The lowest BCUT2D eigenvalue weighted by Gasteiger charge is -2.09. The molecule has 0 radical (unpaired) electrons. The molecule has 3 heterocycles. The van der Waals surface area contributed by atoms with Gasteiger partial charge in [-0.25, -0.2) is 18.4 Å². The molecule has 1 N–H and O–H groups in total. The van der Waals surface area contributed by atoms with Gasteiger partial charge in [0.15, 0.2) is 5.65 Å². The van der Waals surface area contributed by atoms with Crippen molar-refractivity contribution in [2.24, 2.45) is 0 Å². The van der Waals surface area contributed by atoms with Crippen molar-refractivity contribution in [3.8, 4) is 0 Å². The molecule has 3 aromatic rings.